The van der Waals surface area contributed by atoms with Crippen molar-refractivity contribution >= 4 is 57.7 Å². The fraction of sp³-hybridized carbons (Fsp3) is 0.591. The largest absolute Gasteiger partial charge is 0.388 e. The number of amides is 2. The van der Waals surface area contributed by atoms with Gasteiger partial charge in [0.25, 0.3) is 0 Å². The molecular formula is C44H62N18O8. The summed E-state index contributed by atoms with van der Waals surface area (Å²) in [5.74, 6) is 0.338. The van der Waals surface area contributed by atoms with Crippen LogP contribution in [0.25, 0.3) is 22.3 Å². The van der Waals surface area contributed by atoms with Crippen molar-refractivity contribution in [2.24, 2.45) is 0 Å². The molecule has 0 aromatic carbocycles. The molecule has 70 heavy (non-hydrogen) atoms. The lowest BCUT2D eigenvalue weighted by atomic mass is 9.91. The molecule has 12 N–H and O–H groups in total. The van der Waals surface area contributed by atoms with E-state index in [-0.39, 0.29) is 24.9 Å². The SMILES string of the molecule is CCn1cnc(CCNc2nc(NC3CCC(Nc4nc(NCCc5cn(CC)cn5)nc5c4ncn5[C@@H]4C[C@H](NC(=O)CO)[C@@H](O)[C@H]4O)CC3)c3ncn([C@@H]4C[C@H](NC(=O)CO)[C@@H](O)[C@H]4O)c3n2)c1. The first-order chi connectivity index (χ1) is 33.9. The molecule has 0 aliphatic heterocycles. The number of aromatic nitrogens is 12. The summed E-state index contributed by atoms with van der Waals surface area (Å²) in [4.78, 5) is 61.8. The van der Waals surface area contributed by atoms with Crippen LogP contribution in [0, 0.1) is 0 Å². The molecule has 0 saturated heterocycles. The number of aryl methyl sites for hydroxylation is 2. The van der Waals surface area contributed by atoms with Crippen molar-refractivity contribution in [1.82, 2.24) is 68.8 Å². The van der Waals surface area contributed by atoms with E-state index in [1.165, 1.54) is 0 Å². The maximum absolute atomic E-state index is 12.0. The minimum atomic E-state index is -1.28. The Hall–Kier alpha value is -6.58. The molecule has 376 valence electrons. The Morgan fingerprint density at radius 3 is 1.37 bits per heavy atom. The van der Waals surface area contributed by atoms with E-state index in [1.807, 2.05) is 35.4 Å². The second-order valence-electron chi connectivity index (χ2n) is 18.3. The third-order valence-corrected chi connectivity index (χ3v) is 13.7. The average Bonchev–Trinajstić information content (AvgIpc) is 4.25. The van der Waals surface area contributed by atoms with Crippen molar-refractivity contribution in [2.45, 2.75) is 139 Å². The molecule has 6 aromatic heterocycles. The lowest BCUT2D eigenvalue weighted by molar-refractivity contribution is -0.126. The van der Waals surface area contributed by atoms with Crippen molar-refractivity contribution in [3.05, 3.63) is 49.1 Å². The summed E-state index contributed by atoms with van der Waals surface area (Å²) in [6, 6.07) is -3.00. The summed E-state index contributed by atoms with van der Waals surface area (Å²) in [5.41, 5.74) is 3.61. The zero-order valence-electron chi connectivity index (χ0n) is 39.0. The number of aliphatic hydroxyl groups excluding tert-OH is 6. The van der Waals surface area contributed by atoms with E-state index in [9.17, 15) is 40.2 Å². The summed E-state index contributed by atoms with van der Waals surface area (Å²) in [7, 11) is 0. The molecule has 6 heterocycles. The fourth-order valence-electron chi connectivity index (χ4n) is 9.83. The van der Waals surface area contributed by atoms with Crippen molar-refractivity contribution < 1.29 is 40.2 Å². The van der Waals surface area contributed by atoms with Crippen LogP contribution < -0.4 is 31.9 Å². The van der Waals surface area contributed by atoms with Gasteiger partial charge in [0.05, 0.1) is 60.9 Å². The van der Waals surface area contributed by atoms with Gasteiger partial charge in [0.1, 0.15) is 37.6 Å². The molecule has 3 fully saturated rings. The van der Waals surface area contributed by atoms with Crippen LogP contribution in [0.4, 0.5) is 23.5 Å². The molecule has 9 rings (SSSR count). The van der Waals surface area contributed by atoms with E-state index in [2.05, 4.69) is 41.9 Å². The van der Waals surface area contributed by atoms with E-state index in [1.54, 1.807) is 34.4 Å². The lowest BCUT2D eigenvalue weighted by Crippen LogP contribution is -2.44. The second kappa shape index (κ2) is 21.2. The van der Waals surface area contributed by atoms with Crippen molar-refractivity contribution in [2.75, 3.05) is 47.6 Å². The zero-order chi connectivity index (χ0) is 49.1. The molecule has 3 aliphatic carbocycles. The smallest absolute Gasteiger partial charge is 0.246 e. The molecule has 0 bridgehead atoms. The summed E-state index contributed by atoms with van der Waals surface area (Å²) in [6.45, 7) is 5.19. The number of carbonyl (C=O) groups excluding carboxylic acids is 2. The Labute approximate surface area is 401 Å². The van der Waals surface area contributed by atoms with E-state index in [0.29, 0.717) is 71.8 Å². The van der Waals surface area contributed by atoms with E-state index < -0.39 is 73.6 Å². The standard InChI is InChI=1S/C44H62N18O8/c1-3-59-15-25(47-19-59)9-11-45-43-55-39(33-41(57-43)61(21-49-33)29-13-27(35(67)37(29)69)53-31(65)17-63)51-23-5-7-24(8-6-23)52-40-34-42(58-44(56-40)46-12-10-26-16-60(4-2)20-48-26)62(22-50-34)30-14-28(36(68)38(30)70)54-32(66)18-64/h15-16,19-24,27-30,35-38,63-64,67-70H,3-14,17-18H2,1-2H3,(H,53,65)(H,54,66)(H2,45,51,55,57)(H2,46,52,56,58)/t23?,24?,27-,28-,29+,30+,35+,36+,37-,38-/m0/s1. The Balaban J connectivity index is 0.926. The topological polar surface area (TPSA) is 351 Å². The number of nitrogens with one attached hydrogen (secondary N) is 6. The number of aliphatic hydroxyl groups is 6. The summed E-state index contributed by atoms with van der Waals surface area (Å²) in [5, 5.41) is 81.8. The maximum Gasteiger partial charge on any atom is 0.246 e. The predicted molar refractivity (Wildman–Crippen MR) is 253 cm³/mol. The molecule has 0 spiro atoms. The zero-order valence-corrected chi connectivity index (χ0v) is 39.0. The van der Waals surface area contributed by atoms with Crippen molar-refractivity contribution in [3.63, 3.8) is 0 Å². The third kappa shape index (κ3) is 10.3. The van der Waals surface area contributed by atoms with Gasteiger partial charge in [-0.25, -0.2) is 19.9 Å². The summed E-state index contributed by atoms with van der Waals surface area (Å²) >= 11 is 0. The van der Waals surface area contributed by atoms with Crippen LogP contribution in [0.1, 0.15) is 75.8 Å². The first-order valence-electron chi connectivity index (χ1n) is 24.0. The molecule has 26 heteroatoms. The molecule has 3 saturated carbocycles. The van der Waals surface area contributed by atoms with Crippen LogP contribution in [-0.4, -0.2) is 175 Å². The highest BCUT2D eigenvalue weighted by Crippen LogP contribution is 2.37. The number of fused-ring (bicyclic) bond motifs is 2. The minimum absolute atomic E-state index is 0.0169. The van der Waals surface area contributed by atoms with Gasteiger partial charge in [-0.3, -0.25) is 9.59 Å². The van der Waals surface area contributed by atoms with E-state index >= 15 is 0 Å². The van der Waals surface area contributed by atoms with E-state index in [4.69, 9.17) is 29.9 Å². The number of imidazole rings is 4. The lowest BCUT2D eigenvalue weighted by Gasteiger charge is -2.30. The average molecular weight is 971 g/mol. The number of hydrogen-bond acceptors (Lipinski definition) is 20. The molecule has 6 aromatic rings. The normalized spacial score (nSPS) is 25.7. The van der Waals surface area contributed by atoms with Crippen LogP contribution in [0.3, 0.4) is 0 Å². The molecule has 3 aliphatic rings. The van der Waals surface area contributed by atoms with Gasteiger partial charge in [-0.05, 0) is 52.4 Å². The number of nitrogens with zero attached hydrogens (tertiary/aromatic N) is 12. The van der Waals surface area contributed by atoms with Crippen molar-refractivity contribution in [1.29, 1.82) is 0 Å². The predicted octanol–water partition coefficient (Wildman–Crippen LogP) is -1.17. The van der Waals surface area contributed by atoms with Gasteiger partial charge in [0.2, 0.25) is 23.7 Å². The van der Waals surface area contributed by atoms with Crippen LogP contribution >= 0.6 is 0 Å². The molecule has 0 unspecified atom stereocenters. The molecular weight excluding hydrogens is 909 g/mol. The van der Waals surface area contributed by atoms with Gasteiger partial charge < -0.3 is 80.8 Å². The van der Waals surface area contributed by atoms with Crippen LogP contribution in [-0.2, 0) is 35.5 Å². The Morgan fingerprint density at radius 2 is 1.00 bits per heavy atom. The molecule has 0 radical (unpaired) electrons. The van der Waals surface area contributed by atoms with Gasteiger partial charge >= 0.3 is 0 Å². The van der Waals surface area contributed by atoms with Gasteiger partial charge in [-0.1, -0.05) is 0 Å². The van der Waals surface area contributed by atoms with Gasteiger partial charge in [-0.2, -0.15) is 19.9 Å². The molecule has 2 amide bonds. The first kappa shape index (κ1) is 48.4. The number of carbonyl (C=O) groups is 2. The highest BCUT2D eigenvalue weighted by atomic mass is 16.3. The van der Waals surface area contributed by atoms with Crippen LogP contribution in [0.15, 0.2) is 37.7 Å². The monoisotopic (exact) mass is 970 g/mol. The number of anilines is 4. The Bertz CT molecular complexity index is 2570. The Kier molecular flexibility index (Phi) is 14.7. The van der Waals surface area contributed by atoms with Crippen molar-refractivity contribution in [3.8, 4) is 0 Å². The van der Waals surface area contributed by atoms with Crippen LogP contribution in [0.2, 0.25) is 0 Å². The molecule has 8 atom stereocenters. The van der Waals surface area contributed by atoms with Gasteiger partial charge in [0, 0.05) is 63.5 Å². The van der Waals surface area contributed by atoms with Gasteiger partial charge in [0.15, 0.2) is 34.0 Å². The highest BCUT2D eigenvalue weighted by Gasteiger charge is 2.45. The minimum Gasteiger partial charge on any atom is -0.388 e. The van der Waals surface area contributed by atoms with Crippen LogP contribution in [0.5, 0.6) is 0 Å². The summed E-state index contributed by atoms with van der Waals surface area (Å²) in [6.07, 6.45) is 10.1. The maximum atomic E-state index is 12.0. The highest BCUT2D eigenvalue weighted by molar-refractivity contribution is 5.86. The molecule has 26 nitrogen and oxygen atoms in total. The quantitative estimate of drug-likeness (QED) is 0.0429. The van der Waals surface area contributed by atoms with Gasteiger partial charge in [-0.15, -0.1) is 0 Å². The van der Waals surface area contributed by atoms with E-state index in [0.717, 1.165) is 50.2 Å². The fourth-order valence-corrected chi connectivity index (χ4v) is 9.83. The third-order valence-electron chi connectivity index (χ3n) is 13.7. The second-order valence-corrected chi connectivity index (χ2v) is 18.3. The number of hydrogen-bond donors (Lipinski definition) is 12. The summed E-state index contributed by atoms with van der Waals surface area (Å²) < 4.78 is 7.40. The Morgan fingerprint density at radius 1 is 0.586 bits per heavy atom. The first-order valence-corrected chi connectivity index (χ1v) is 24.0. The number of rotatable bonds is 20.